The summed E-state index contributed by atoms with van der Waals surface area (Å²) >= 11 is 0. The molecule has 0 fully saturated rings. The van der Waals surface area contributed by atoms with Crippen LogP contribution in [0.15, 0.2) is 64.5 Å². The van der Waals surface area contributed by atoms with Crippen LogP contribution >= 0.6 is 0 Å². The SMILES string of the molecule is C=C(CCO[Si](C)(C)C(C)(C)C)OC(C)n1ccc(=O)n(COCc2ccccc2)c1=O. The zero-order chi connectivity index (χ0) is 23.9. The Morgan fingerprint density at radius 2 is 1.78 bits per heavy atom. The van der Waals surface area contributed by atoms with Gasteiger partial charge >= 0.3 is 5.69 Å². The lowest BCUT2D eigenvalue weighted by Gasteiger charge is -2.36. The monoisotopic (exact) mass is 460 g/mol. The highest BCUT2D eigenvalue weighted by atomic mass is 28.4. The maximum atomic E-state index is 12.8. The molecule has 1 aromatic heterocycles. The fraction of sp³-hybridized carbons (Fsp3) is 0.500. The molecule has 7 nitrogen and oxygen atoms in total. The summed E-state index contributed by atoms with van der Waals surface area (Å²) in [6, 6.07) is 10.9. The summed E-state index contributed by atoms with van der Waals surface area (Å²) < 4.78 is 20.0. The van der Waals surface area contributed by atoms with Crippen molar-refractivity contribution < 1.29 is 13.9 Å². The Labute approximate surface area is 191 Å². The summed E-state index contributed by atoms with van der Waals surface area (Å²) in [5.74, 6) is 0.529. The molecule has 1 atom stereocenters. The fourth-order valence-corrected chi connectivity index (χ4v) is 3.79. The fourth-order valence-electron chi connectivity index (χ4n) is 2.75. The molecule has 2 aromatic rings. The van der Waals surface area contributed by atoms with E-state index < -0.39 is 25.8 Å². The summed E-state index contributed by atoms with van der Waals surface area (Å²) in [5, 5.41) is 0.131. The van der Waals surface area contributed by atoms with E-state index in [1.807, 2.05) is 30.3 Å². The standard InChI is InChI=1S/C24H36N2O5Si/c1-19(14-16-30-32(6,7)24(3,4)5)31-20(2)25-15-13-22(27)26(23(25)28)18-29-17-21-11-9-8-10-12-21/h8-13,15,20H,1,14,16-18H2,2-7H3. The first kappa shape index (κ1) is 25.8. The van der Waals surface area contributed by atoms with E-state index in [0.717, 1.165) is 10.1 Å². The molecular formula is C24H36N2O5Si. The maximum absolute atomic E-state index is 12.8. The third-order valence-electron chi connectivity index (χ3n) is 5.81. The Bertz CT molecular complexity index is 1010. The van der Waals surface area contributed by atoms with Crippen LogP contribution in [-0.4, -0.2) is 24.1 Å². The minimum absolute atomic E-state index is 0.131. The van der Waals surface area contributed by atoms with Crippen LogP contribution in [0.2, 0.25) is 18.1 Å². The molecule has 1 heterocycles. The van der Waals surface area contributed by atoms with E-state index in [4.69, 9.17) is 13.9 Å². The minimum atomic E-state index is -1.84. The van der Waals surface area contributed by atoms with Gasteiger partial charge in [0.1, 0.15) is 6.73 Å². The van der Waals surface area contributed by atoms with Crippen molar-refractivity contribution in [1.29, 1.82) is 0 Å². The Morgan fingerprint density at radius 1 is 1.12 bits per heavy atom. The van der Waals surface area contributed by atoms with Crippen molar-refractivity contribution in [3.63, 3.8) is 0 Å². The molecular weight excluding hydrogens is 424 g/mol. The first-order valence-electron chi connectivity index (χ1n) is 10.8. The highest BCUT2D eigenvalue weighted by molar-refractivity contribution is 6.74. The molecule has 0 saturated carbocycles. The van der Waals surface area contributed by atoms with Crippen molar-refractivity contribution in [3.05, 3.63) is 81.3 Å². The Kier molecular flexibility index (Phi) is 8.83. The van der Waals surface area contributed by atoms with E-state index in [1.54, 1.807) is 6.92 Å². The number of ether oxygens (including phenoxy) is 2. The summed E-state index contributed by atoms with van der Waals surface area (Å²) in [7, 11) is -1.84. The van der Waals surface area contributed by atoms with Gasteiger partial charge in [-0.25, -0.2) is 9.36 Å². The number of rotatable bonds is 11. The number of hydrogen-bond donors (Lipinski definition) is 0. The molecule has 176 valence electrons. The van der Waals surface area contributed by atoms with Crippen molar-refractivity contribution in [2.45, 2.75) is 71.8 Å². The summed E-state index contributed by atoms with van der Waals surface area (Å²) in [6.07, 6.45) is 1.34. The van der Waals surface area contributed by atoms with Crippen LogP contribution in [0.3, 0.4) is 0 Å². The predicted octanol–water partition coefficient (Wildman–Crippen LogP) is 4.65. The van der Waals surface area contributed by atoms with Gasteiger partial charge < -0.3 is 13.9 Å². The third kappa shape index (κ3) is 7.05. The first-order valence-corrected chi connectivity index (χ1v) is 13.8. The lowest BCUT2D eigenvalue weighted by atomic mass is 10.2. The number of hydrogen-bond acceptors (Lipinski definition) is 5. The van der Waals surface area contributed by atoms with Gasteiger partial charge in [0.2, 0.25) is 0 Å². The first-order chi connectivity index (χ1) is 14.9. The molecule has 0 radical (unpaired) electrons. The van der Waals surface area contributed by atoms with Crippen LogP contribution in [-0.2, 0) is 27.2 Å². The van der Waals surface area contributed by atoms with Gasteiger partial charge in [-0.3, -0.25) is 9.36 Å². The van der Waals surface area contributed by atoms with E-state index in [0.29, 0.717) is 25.4 Å². The second-order valence-electron chi connectivity index (χ2n) is 9.35. The highest BCUT2D eigenvalue weighted by Crippen LogP contribution is 2.36. The molecule has 32 heavy (non-hydrogen) atoms. The van der Waals surface area contributed by atoms with Gasteiger partial charge in [0, 0.05) is 25.3 Å². The summed E-state index contributed by atoms with van der Waals surface area (Å²) in [5.41, 5.74) is 0.0428. The average Bonchev–Trinajstić information content (AvgIpc) is 2.70. The van der Waals surface area contributed by atoms with Gasteiger partial charge in [-0.1, -0.05) is 57.7 Å². The van der Waals surface area contributed by atoms with Gasteiger partial charge in [-0.15, -0.1) is 0 Å². The molecule has 1 unspecified atom stereocenters. The number of aromatic nitrogens is 2. The molecule has 1 aromatic carbocycles. The smallest absolute Gasteiger partial charge is 0.335 e. The van der Waals surface area contributed by atoms with Gasteiger partial charge in [0.25, 0.3) is 5.56 Å². The lowest BCUT2D eigenvalue weighted by molar-refractivity contribution is 0.0418. The van der Waals surface area contributed by atoms with Crippen LogP contribution < -0.4 is 11.2 Å². The van der Waals surface area contributed by atoms with Crippen molar-refractivity contribution in [2.24, 2.45) is 0 Å². The Balaban J connectivity index is 1.96. The number of nitrogens with zero attached hydrogens (tertiary/aromatic N) is 2. The lowest BCUT2D eigenvalue weighted by Crippen LogP contribution is -2.41. The van der Waals surface area contributed by atoms with E-state index in [-0.39, 0.29) is 11.8 Å². The van der Waals surface area contributed by atoms with Crippen molar-refractivity contribution in [3.8, 4) is 0 Å². The van der Waals surface area contributed by atoms with E-state index in [2.05, 4.69) is 40.4 Å². The van der Waals surface area contributed by atoms with Crippen LogP contribution in [0.25, 0.3) is 0 Å². The Hall–Kier alpha value is -2.42. The second kappa shape index (κ2) is 10.9. The topological polar surface area (TPSA) is 71.7 Å². The quantitative estimate of drug-likeness (QED) is 0.361. The average molecular weight is 461 g/mol. The van der Waals surface area contributed by atoms with Crippen molar-refractivity contribution >= 4 is 8.32 Å². The minimum Gasteiger partial charge on any atom is -0.475 e. The molecule has 0 amide bonds. The van der Waals surface area contributed by atoms with Gasteiger partial charge in [-0.05, 0) is 30.6 Å². The molecule has 2 rings (SSSR count). The maximum Gasteiger partial charge on any atom is 0.335 e. The van der Waals surface area contributed by atoms with E-state index in [9.17, 15) is 9.59 Å². The van der Waals surface area contributed by atoms with Gasteiger partial charge in [0.15, 0.2) is 14.5 Å². The van der Waals surface area contributed by atoms with Crippen LogP contribution in [0.4, 0.5) is 0 Å². The van der Waals surface area contributed by atoms with Crippen LogP contribution in [0, 0.1) is 0 Å². The molecule has 0 aliphatic rings. The molecule has 0 aliphatic carbocycles. The molecule has 0 N–H and O–H groups in total. The second-order valence-corrected chi connectivity index (χ2v) is 14.2. The van der Waals surface area contributed by atoms with Crippen molar-refractivity contribution in [2.75, 3.05) is 6.61 Å². The van der Waals surface area contributed by atoms with Crippen LogP contribution in [0.5, 0.6) is 0 Å². The molecule has 8 heteroatoms. The number of benzene rings is 1. The van der Waals surface area contributed by atoms with Gasteiger partial charge in [-0.2, -0.15) is 0 Å². The summed E-state index contributed by atoms with van der Waals surface area (Å²) in [4.78, 5) is 25.0. The highest BCUT2D eigenvalue weighted by Gasteiger charge is 2.36. The zero-order valence-corrected chi connectivity index (χ0v) is 21.1. The third-order valence-corrected chi connectivity index (χ3v) is 10.3. The van der Waals surface area contributed by atoms with Crippen molar-refractivity contribution in [1.82, 2.24) is 9.13 Å². The van der Waals surface area contributed by atoms with E-state index in [1.165, 1.54) is 16.8 Å². The largest absolute Gasteiger partial charge is 0.475 e. The van der Waals surface area contributed by atoms with E-state index >= 15 is 0 Å². The molecule has 0 spiro atoms. The predicted molar refractivity (Wildman–Crippen MR) is 129 cm³/mol. The Morgan fingerprint density at radius 3 is 2.41 bits per heavy atom. The zero-order valence-electron chi connectivity index (χ0n) is 20.1. The molecule has 0 saturated heterocycles. The summed E-state index contributed by atoms with van der Waals surface area (Å²) in [6.45, 7) is 17.3. The molecule has 0 aliphatic heterocycles. The van der Waals surface area contributed by atoms with Crippen LogP contribution in [0.1, 0.15) is 45.9 Å². The van der Waals surface area contributed by atoms with Gasteiger partial charge in [0.05, 0.1) is 12.4 Å². The molecule has 0 bridgehead atoms. The normalized spacial score (nSPS) is 13.1.